The average molecular weight is 362 g/mol. The predicted molar refractivity (Wildman–Crippen MR) is 76.5 cm³/mol. The zero-order valence-electron chi connectivity index (χ0n) is 13.4. The van der Waals surface area contributed by atoms with E-state index in [0.717, 1.165) is 12.2 Å². The summed E-state index contributed by atoms with van der Waals surface area (Å²) in [6.45, 7) is 3.25. The highest BCUT2D eigenvalue weighted by atomic mass is 19.2. The van der Waals surface area contributed by atoms with Gasteiger partial charge in [-0.25, -0.2) is 31.7 Å². The van der Waals surface area contributed by atoms with Crippen molar-refractivity contribution in [3.63, 3.8) is 0 Å². The fourth-order valence-electron chi connectivity index (χ4n) is 3.18. The molecule has 1 heterocycles. The highest BCUT2D eigenvalue weighted by Crippen LogP contribution is 2.43. The third kappa shape index (κ3) is 2.87. The van der Waals surface area contributed by atoms with Gasteiger partial charge in [0, 0.05) is 18.3 Å². The molecule has 0 N–H and O–H groups in total. The van der Waals surface area contributed by atoms with Gasteiger partial charge in [-0.3, -0.25) is 4.79 Å². The van der Waals surface area contributed by atoms with Gasteiger partial charge in [0.25, 0.3) is 0 Å². The van der Waals surface area contributed by atoms with Crippen LogP contribution >= 0.6 is 0 Å². The van der Waals surface area contributed by atoms with Gasteiger partial charge in [0.2, 0.25) is 5.82 Å². The van der Waals surface area contributed by atoms with Crippen molar-refractivity contribution in [1.82, 2.24) is 0 Å². The number of carbonyl (C=O) groups excluding carboxylic acids is 1. The van der Waals surface area contributed by atoms with Gasteiger partial charge in [0.15, 0.2) is 23.3 Å². The molecule has 4 atom stereocenters. The monoisotopic (exact) mass is 362 g/mol. The van der Waals surface area contributed by atoms with Crippen LogP contribution in [-0.4, -0.2) is 17.5 Å². The number of Topliss-reactive ketones (excluding diaryl/α,β-unsaturated/α-hetero) is 1. The lowest BCUT2D eigenvalue weighted by atomic mass is 9.71. The van der Waals surface area contributed by atoms with E-state index in [4.69, 9.17) is 9.78 Å². The molecule has 8 heteroatoms. The Labute approximate surface area is 140 Å². The van der Waals surface area contributed by atoms with E-state index in [2.05, 4.69) is 0 Å². The van der Waals surface area contributed by atoms with Gasteiger partial charge >= 0.3 is 0 Å². The summed E-state index contributed by atoms with van der Waals surface area (Å²) < 4.78 is 67.1. The molecular formula is C17H15F5O3. The lowest BCUT2D eigenvalue weighted by molar-refractivity contribution is -0.415. The van der Waals surface area contributed by atoms with Crippen molar-refractivity contribution < 1.29 is 36.5 Å². The van der Waals surface area contributed by atoms with E-state index in [9.17, 15) is 26.7 Å². The number of halogens is 5. The highest BCUT2D eigenvalue weighted by molar-refractivity contribution is 5.82. The molecule has 3 nitrogen and oxygen atoms in total. The van der Waals surface area contributed by atoms with Crippen LogP contribution in [0.5, 0.6) is 0 Å². The predicted octanol–water partition coefficient (Wildman–Crippen LogP) is 4.10. The normalized spacial score (nSPS) is 32.4. The molecule has 1 aliphatic heterocycles. The summed E-state index contributed by atoms with van der Waals surface area (Å²) in [5.74, 6) is -10.8. The summed E-state index contributed by atoms with van der Waals surface area (Å²) in [6.07, 6.45) is 2.18. The average Bonchev–Trinajstić information content (AvgIpc) is 2.59. The Kier molecular flexibility index (Phi) is 4.45. The SMILES string of the molecule is C[C@H]1C(=O)C[C@@H]2C[C@H]1OO[C@]2(C)/C=C/c1c(F)c(F)c(F)c(F)c1F. The number of carbonyl (C=O) groups is 1. The standard InChI is InChI=1S/C17H15F5O3/c1-7-10(23)5-8-6-11(7)24-25-17(8,2)4-3-9-12(18)14(20)16(22)15(21)13(9)19/h3-4,7-8,11H,5-6H2,1-2H3/b4-3+/t7-,8+,11+,17+/m0/s1. The number of benzene rings is 1. The molecule has 1 aromatic carbocycles. The lowest BCUT2D eigenvalue weighted by Gasteiger charge is -2.45. The van der Waals surface area contributed by atoms with Gasteiger partial charge in [0.05, 0.1) is 5.56 Å². The molecule has 0 spiro atoms. The maximum absolute atomic E-state index is 13.7. The van der Waals surface area contributed by atoms with E-state index in [1.54, 1.807) is 6.92 Å². The number of fused-ring (bicyclic) bond motifs is 2. The van der Waals surface area contributed by atoms with Crippen LogP contribution in [0.4, 0.5) is 22.0 Å². The van der Waals surface area contributed by atoms with E-state index in [-0.39, 0.29) is 24.0 Å². The molecular weight excluding hydrogens is 347 g/mol. The quantitative estimate of drug-likeness (QED) is 0.344. The Balaban J connectivity index is 1.94. The number of hydrogen-bond acceptors (Lipinski definition) is 3. The number of rotatable bonds is 2. The van der Waals surface area contributed by atoms with Crippen LogP contribution in [0.3, 0.4) is 0 Å². The van der Waals surface area contributed by atoms with Crippen molar-refractivity contribution in [2.75, 3.05) is 0 Å². The summed E-state index contributed by atoms with van der Waals surface area (Å²) >= 11 is 0. The maximum atomic E-state index is 13.7. The zero-order valence-corrected chi connectivity index (χ0v) is 13.4. The van der Waals surface area contributed by atoms with Gasteiger partial charge in [-0.15, -0.1) is 0 Å². The van der Waals surface area contributed by atoms with Crippen LogP contribution in [0.1, 0.15) is 32.3 Å². The molecule has 2 bridgehead atoms. The second-order valence-electron chi connectivity index (χ2n) is 6.61. The van der Waals surface area contributed by atoms with Crippen LogP contribution in [-0.2, 0) is 14.6 Å². The molecule has 2 aliphatic rings. The minimum Gasteiger partial charge on any atom is -0.299 e. The van der Waals surface area contributed by atoms with Crippen LogP contribution in [0.25, 0.3) is 6.08 Å². The minimum absolute atomic E-state index is 0.0274. The van der Waals surface area contributed by atoms with Crippen LogP contribution in [0, 0.1) is 40.9 Å². The molecule has 0 radical (unpaired) electrons. The van der Waals surface area contributed by atoms with Crippen molar-refractivity contribution in [3.8, 4) is 0 Å². The van der Waals surface area contributed by atoms with E-state index in [1.165, 1.54) is 6.92 Å². The zero-order chi connectivity index (χ0) is 18.5. The van der Waals surface area contributed by atoms with Crippen molar-refractivity contribution >= 4 is 11.9 Å². The molecule has 0 unspecified atom stereocenters. The Morgan fingerprint density at radius 1 is 1.04 bits per heavy atom. The molecule has 1 aromatic rings. The molecule has 136 valence electrons. The third-order valence-electron chi connectivity index (χ3n) is 5.02. The van der Waals surface area contributed by atoms with Gasteiger partial charge in [-0.2, -0.15) is 0 Å². The van der Waals surface area contributed by atoms with Gasteiger partial charge in [0.1, 0.15) is 17.5 Å². The first kappa shape index (κ1) is 18.0. The van der Waals surface area contributed by atoms with E-state index >= 15 is 0 Å². The molecule has 1 aliphatic carbocycles. The van der Waals surface area contributed by atoms with Crippen molar-refractivity contribution in [2.24, 2.45) is 11.8 Å². The Hall–Kier alpha value is -1.80. The second-order valence-corrected chi connectivity index (χ2v) is 6.61. The summed E-state index contributed by atoms with van der Waals surface area (Å²) in [7, 11) is 0. The van der Waals surface area contributed by atoms with E-state index in [0.29, 0.717) is 6.42 Å². The summed E-state index contributed by atoms with van der Waals surface area (Å²) in [5.41, 5.74) is -2.30. The van der Waals surface area contributed by atoms with Gasteiger partial charge < -0.3 is 0 Å². The van der Waals surface area contributed by atoms with E-state index in [1.807, 2.05) is 0 Å². The molecule has 1 saturated carbocycles. The van der Waals surface area contributed by atoms with Crippen LogP contribution < -0.4 is 0 Å². The first-order valence-corrected chi connectivity index (χ1v) is 7.73. The molecule has 25 heavy (non-hydrogen) atoms. The number of ketones is 1. The second kappa shape index (κ2) is 6.17. The molecule has 1 saturated heterocycles. The van der Waals surface area contributed by atoms with Crippen LogP contribution in [0.2, 0.25) is 0 Å². The summed E-state index contributed by atoms with van der Waals surface area (Å²) in [4.78, 5) is 22.5. The van der Waals surface area contributed by atoms with Gasteiger partial charge in [-0.05, 0) is 25.5 Å². The Morgan fingerprint density at radius 3 is 2.20 bits per heavy atom. The molecule has 2 fully saturated rings. The number of hydrogen-bond donors (Lipinski definition) is 0. The maximum Gasteiger partial charge on any atom is 0.200 e. The van der Waals surface area contributed by atoms with E-state index < -0.39 is 46.4 Å². The molecule has 0 amide bonds. The lowest BCUT2D eigenvalue weighted by Crippen LogP contribution is -2.52. The van der Waals surface area contributed by atoms with Gasteiger partial charge in [-0.1, -0.05) is 6.92 Å². The van der Waals surface area contributed by atoms with Crippen molar-refractivity contribution in [1.29, 1.82) is 0 Å². The van der Waals surface area contributed by atoms with Crippen LogP contribution in [0.15, 0.2) is 6.08 Å². The third-order valence-corrected chi connectivity index (χ3v) is 5.02. The highest BCUT2D eigenvalue weighted by Gasteiger charge is 2.48. The summed E-state index contributed by atoms with van der Waals surface area (Å²) in [6, 6.07) is 0. The topological polar surface area (TPSA) is 35.5 Å². The minimum atomic E-state index is -2.22. The first-order chi connectivity index (χ1) is 11.7. The Morgan fingerprint density at radius 2 is 1.60 bits per heavy atom. The summed E-state index contributed by atoms with van der Waals surface area (Å²) in [5, 5.41) is 0. The Bertz CT molecular complexity index is 734. The first-order valence-electron chi connectivity index (χ1n) is 7.73. The van der Waals surface area contributed by atoms with Crippen molar-refractivity contribution in [3.05, 3.63) is 40.7 Å². The molecule has 3 rings (SSSR count). The largest absolute Gasteiger partial charge is 0.299 e. The fourth-order valence-corrected chi connectivity index (χ4v) is 3.18. The fraction of sp³-hybridized carbons (Fsp3) is 0.471. The van der Waals surface area contributed by atoms with Crippen molar-refractivity contribution in [2.45, 2.75) is 38.4 Å². The smallest absolute Gasteiger partial charge is 0.200 e. The molecule has 0 aromatic heterocycles.